The predicted octanol–water partition coefficient (Wildman–Crippen LogP) is 4.47. The van der Waals surface area contributed by atoms with E-state index >= 15 is 0 Å². The number of hydrogen-bond acceptors (Lipinski definition) is 2. The van der Waals surface area contributed by atoms with Crippen molar-refractivity contribution in [3.8, 4) is 5.75 Å². The average molecular weight is 350 g/mol. The van der Waals surface area contributed by atoms with Gasteiger partial charge in [-0.05, 0) is 35.2 Å². The highest BCUT2D eigenvalue weighted by Crippen LogP contribution is 2.34. The van der Waals surface area contributed by atoms with E-state index in [-0.39, 0.29) is 11.8 Å². The van der Waals surface area contributed by atoms with Crippen LogP contribution in [0.4, 0.5) is 0 Å². The van der Waals surface area contributed by atoms with Gasteiger partial charge in [0.25, 0.3) is 0 Å². The number of ether oxygens (including phenoxy) is 1. The van der Waals surface area contributed by atoms with Crippen LogP contribution in [0.15, 0.2) is 54.7 Å². The molecule has 0 spiro atoms. The molecule has 1 heterocycles. The summed E-state index contributed by atoms with van der Waals surface area (Å²) in [6.45, 7) is 4.89. The van der Waals surface area contributed by atoms with E-state index in [0.29, 0.717) is 18.9 Å². The minimum absolute atomic E-state index is 0.00998. The summed E-state index contributed by atoms with van der Waals surface area (Å²) >= 11 is 0. The summed E-state index contributed by atoms with van der Waals surface area (Å²) in [5.74, 6) is 1.32. The molecule has 4 heteroatoms. The maximum absolute atomic E-state index is 12.5. The largest absolute Gasteiger partial charge is 0.497 e. The number of rotatable bonds is 7. The molecule has 0 aliphatic rings. The fourth-order valence-corrected chi connectivity index (χ4v) is 3.20. The number of aromatic amines is 1. The van der Waals surface area contributed by atoms with Gasteiger partial charge in [0.1, 0.15) is 5.75 Å². The number of H-pyrrole nitrogens is 1. The Balaban J connectivity index is 1.94. The molecule has 0 unspecified atom stereocenters. The highest BCUT2D eigenvalue weighted by atomic mass is 16.5. The molecule has 26 heavy (non-hydrogen) atoms. The fourth-order valence-electron chi connectivity index (χ4n) is 3.20. The van der Waals surface area contributed by atoms with Crippen LogP contribution in [0.2, 0.25) is 0 Å². The van der Waals surface area contributed by atoms with Crippen molar-refractivity contribution in [2.75, 3.05) is 13.7 Å². The van der Waals surface area contributed by atoms with Crippen LogP contribution in [0.5, 0.6) is 5.75 Å². The van der Waals surface area contributed by atoms with Gasteiger partial charge in [-0.1, -0.05) is 44.2 Å². The first-order valence-corrected chi connectivity index (χ1v) is 9.05. The predicted molar refractivity (Wildman–Crippen MR) is 106 cm³/mol. The molecule has 0 aliphatic heterocycles. The Morgan fingerprint density at radius 3 is 2.54 bits per heavy atom. The van der Waals surface area contributed by atoms with E-state index in [1.54, 1.807) is 7.11 Å². The van der Waals surface area contributed by atoms with E-state index < -0.39 is 0 Å². The summed E-state index contributed by atoms with van der Waals surface area (Å²) in [5.41, 5.74) is 3.34. The molecule has 136 valence electrons. The van der Waals surface area contributed by atoms with Crippen LogP contribution in [-0.2, 0) is 4.79 Å². The van der Waals surface area contributed by atoms with E-state index in [1.807, 2.05) is 42.6 Å². The third-order valence-corrected chi connectivity index (χ3v) is 4.61. The summed E-state index contributed by atoms with van der Waals surface area (Å²) in [5, 5.41) is 4.20. The lowest BCUT2D eigenvalue weighted by Crippen LogP contribution is -2.28. The van der Waals surface area contributed by atoms with Gasteiger partial charge in [-0.15, -0.1) is 0 Å². The number of nitrogens with one attached hydrogen (secondary N) is 2. The fraction of sp³-hybridized carbons (Fsp3) is 0.318. The molecule has 0 radical (unpaired) electrons. The van der Waals surface area contributed by atoms with Crippen LogP contribution < -0.4 is 10.1 Å². The van der Waals surface area contributed by atoms with Crippen molar-refractivity contribution in [2.24, 2.45) is 5.92 Å². The second-order valence-electron chi connectivity index (χ2n) is 7.02. The quantitative estimate of drug-likeness (QED) is 0.660. The minimum atomic E-state index is -0.00998. The number of para-hydroxylation sites is 1. The van der Waals surface area contributed by atoms with E-state index in [4.69, 9.17) is 4.74 Å². The third-order valence-electron chi connectivity index (χ3n) is 4.61. The number of aromatic nitrogens is 1. The van der Waals surface area contributed by atoms with Gasteiger partial charge in [-0.25, -0.2) is 0 Å². The van der Waals surface area contributed by atoms with Crippen LogP contribution in [0.25, 0.3) is 10.9 Å². The van der Waals surface area contributed by atoms with E-state index in [9.17, 15) is 4.79 Å². The Morgan fingerprint density at radius 2 is 1.85 bits per heavy atom. The number of carbonyl (C=O) groups is 1. The molecule has 3 aromatic rings. The molecule has 0 aliphatic carbocycles. The lowest BCUT2D eigenvalue weighted by Gasteiger charge is -2.18. The van der Waals surface area contributed by atoms with Crippen LogP contribution in [0.1, 0.15) is 37.3 Å². The summed E-state index contributed by atoms with van der Waals surface area (Å²) < 4.78 is 5.27. The molecule has 1 amide bonds. The first kappa shape index (κ1) is 18.1. The van der Waals surface area contributed by atoms with Gasteiger partial charge in [-0.3, -0.25) is 4.79 Å². The normalized spacial score (nSPS) is 12.3. The molecule has 1 aromatic heterocycles. The van der Waals surface area contributed by atoms with Gasteiger partial charge >= 0.3 is 0 Å². The molecule has 0 saturated carbocycles. The summed E-state index contributed by atoms with van der Waals surface area (Å²) in [7, 11) is 1.66. The van der Waals surface area contributed by atoms with Crippen LogP contribution in [0, 0.1) is 5.92 Å². The summed E-state index contributed by atoms with van der Waals surface area (Å²) in [4.78, 5) is 15.9. The maximum atomic E-state index is 12.5. The van der Waals surface area contributed by atoms with Crippen LogP contribution in [-0.4, -0.2) is 24.5 Å². The zero-order valence-corrected chi connectivity index (χ0v) is 15.6. The smallest absolute Gasteiger partial charge is 0.220 e. The summed E-state index contributed by atoms with van der Waals surface area (Å²) in [6.07, 6.45) is 2.44. The van der Waals surface area contributed by atoms with E-state index in [2.05, 4.69) is 36.3 Å². The van der Waals surface area contributed by atoms with Crippen molar-refractivity contribution in [2.45, 2.75) is 26.2 Å². The van der Waals surface area contributed by atoms with Gasteiger partial charge in [-0.2, -0.15) is 0 Å². The monoisotopic (exact) mass is 350 g/mol. The number of amides is 1. The van der Waals surface area contributed by atoms with Crippen LogP contribution >= 0.6 is 0 Å². The number of carbonyl (C=O) groups excluding carboxylic acids is 1. The molecule has 2 aromatic carbocycles. The van der Waals surface area contributed by atoms with E-state index in [1.165, 1.54) is 0 Å². The Labute approximate surface area is 154 Å². The number of hydrogen-bond donors (Lipinski definition) is 2. The molecule has 1 atom stereocenters. The Bertz CT molecular complexity index is 865. The lowest BCUT2D eigenvalue weighted by molar-refractivity contribution is -0.121. The highest BCUT2D eigenvalue weighted by molar-refractivity contribution is 5.86. The van der Waals surface area contributed by atoms with Crippen molar-refractivity contribution in [3.63, 3.8) is 0 Å². The molecule has 0 saturated heterocycles. The van der Waals surface area contributed by atoms with Gasteiger partial charge in [0.05, 0.1) is 7.11 Å². The number of methoxy groups -OCH3 is 1. The molecular formula is C22H26N2O2. The Kier molecular flexibility index (Phi) is 5.61. The van der Waals surface area contributed by atoms with Gasteiger partial charge < -0.3 is 15.0 Å². The van der Waals surface area contributed by atoms with Crippen molar-refractivity contribution >= 4 is 16.8 Å². The van der Waals surface area contributed by atoms with E-state index in [0.717, 1.165) is 27.8 Å². The Hall–Kier alpha value is -2.75. The molecule has 4 nitrogen and oxygen atoms in total. The first-order valence-electron chi connectivity index (χ1n) is 9.05. The molecule has 3 rings (SSSR count). The number of fused-ring (bicyclic) bond motifs is 1. The zero-order chi connectivity index (χ0) is 18.5. The second kappa shape index (κ2) is 8.09. The first-order chi connectivity index (χ1) is 12.6. The standard InChI is InChI=1S/C22H26N2O2/c1-15(2)13-24-22(25)12-19(16-8-10-17(26-3)11-9-16)20-14-23-21-7-5-4-6-18(20)21/h4-11,14-15,19,23H,12-13H2,1-3H3,(H,24,25)/t19-/m0/s1. The lowest BCUT2D eigenvalue weighted by atomic mass is 9.88. The molecular weight excluding hydrogens is 324 g/mol. The summed E-state index contributed by atoms with van der Waals surface area (Å²) in [6, 6.07) is 16.2. The SMILES string of the molecule is COc1ccc([C@H](CC(=O)NCC(C)C)c2c[nH]c3ccccc23)cc1. The average Bonchev–Trinajstić information content (AvgIpc) is 3.08. The third kappa shape index (κ3) is 4.07. The van der Waals surface area contributed by atoms with Gasteiger partial charge in [0.2, 0.25) is 5.91 Å². The van der Waals surface area contributed by atoms with Gasteiger partial charge in [0, 0.05) is 36.0 Å². The Morgan fingerprint density at radius 1 is 1.12 bits per heavy atom. The highest BCUT2D eigenvalue weighted by Gasteiger charge is 2.21. The molecule has 0 fully saturated rings. The molecule has 2 N–H and O–H groups in total. The number of benzene rings is 2. The minimum Gasteiger partial charge on any atom is -0.497 e. The zero-order valence-electron chi connectivity index (χ0n) is 15.6. The van der Waals surface area contributed by atoms with Crippen molar-refractivity contribution in [1.82, 2.24) is 10.3 Å². The van der Waals surface area contributed by atoms with Gasteiger partial charge in [0.15, 0.2) is 0 Å². The van der Waals surface area contributed by atoms with Crippen molar-refractivity contribution in [3.05, 3.63) is 65.9 Å². The van der Waals surface area contributed by atoms with Crippen LogP contribution in [0.3, 0.4) is 0 Å². The van der Waals surface area contributed by atoms with Crippen molar-refractivity contribution < 1.29 is 9.53 Å². The second-order valence-corrected chi connectivity index (χ2v) is 7.02. The molecule has 0 bridgehead atoms. The van der Waals surface area contributed by atoms with Crippen molar-refractivity contribution in [1.29, 1.82) is 0 Å². The maximum Gasteiger partial charge on any atom is 0.220 e. The topological polar surface area (TPSA) is 54.1 Å².